The van der Waals surface area contributed by atoms with Crippen molar-refractivity contribution < 1.29 is 0 Å². The Morgan fingerprint density at radius 3 is 2.44 bits per heavy atom. The van der Waals surface area contributed by atoms with Crippen LogP contribution in [-0.2, 0) is 6.54 Å². The Labute approximate surface area is 103 Å². The van der Waals surface area contributed by atoms with Gasteiger partial charge in [-0.3, -0.25) is 0 Å². The van der Waals surface area contributed by atoms with Crippen LogP contribution in [0.2, 0.25) is 0 Å². The monoisotopic (exact) mass is 241 g/mol. The van der Waals surface area contributed by atoms with Gasteiger partial charge in [0, 0.05) is 24.5 Å². The zero-order chi connectivity index (χ0) is 12.0. The average molecular weight is 241 g/mol. The van der Waals surface area contributed by atoms with E-state index < -0.39 is 0 Å². The Hall–Kier alpha value is -0.450. The molecule has 0 bridgehead atoms. The first-order valence-corrected chi connectivity index (χ1v) is 6.85. The van der Waals surface area contributed by atoms with Crippen LogP contribution in [0.1, 0.15) is 29.4 Å². The minimum Gasteiger partial charge on any atom is -0.311 e. The van der Waals surface area contributed by atoms with E-state index in [1.165, 1.54) is 10.6 Å². The largest absolute Gasteiger partial charge is 0.311 e. The summed E-state index contributed by atoms with van der Waals surface area (Å²) < 4.78 is 0. The number of nitrogens with one attached hydrogen (secondary N) is 1. The maximum Gasteiger partial charge on any atom is 0.0900 e. The molecule has 0 fully saturated rings. The number of rotatable bonds is 7. The summed E-state index contributed by atoms with van der Waals surface area (Å²) in [6.07, 6.45) is 0. The zero-order valence-electron chi connectivity index (χ0n) is 10.8. The van der Waals surface area contributed by atoms with Crippen molar-refractivity contribution in [2.24, 2.45) is 0 Å². The van der Waals surface area contributed by atoms with E-state index in [0.29, 0.717) is 0 Å². The van der Waals surface area contributed by atoms with Gasteiger partial charge < -0.3 is 10.2 Å². The molecule has 0 aliphatic heterocycles. The van der Waals surface area contributed by atoms with E-state index >= 15 is 0 Å². The Kier molecular flexibility index (Phi) is 5.95. The number of likely N-dealkylation sites (N-methyl/N-ethyl adjacent to an activating group) is 1. The van der Waals surface area contributed by atoms with Crippen molar-refractivity contribution in [2.45, 2.75) is 34.2 Å². The Balaban J connectivity index is 2.23. The summed E-state index contributed by atoms with van der Waals surface area (Å²) in [6.45, 7) is 14.0. The van der Waals surface area contributed by atoms with Gasteiger partial charge in [0.15, 0.2) is 0 Å². The molecule has 0 spiro atoms. The minimum absolute atomic E-state index is 0.957. The van der Waals surface area contributed by atoms with E-state index in [-0.39, 0.29) is 0 Å². The number of aryl methyl sites for hydroxylation is 2. The van der Waals surface area contributed by atoms with Crippen molar-refractivity contribution in [1.82, 2.24) is 15.2 Å². The fourth-order valence-corrected chi connectivity index (χ4v) is 2.62. The van der Waals surface area contributed by atoms with Crippen LogP contribution in [0.4, 0.5) is 0 Å². The van der Waals surface area contributed by atoms with Gasteiger partial charge >= 0.3 is 0 Å². The molecule has 0 aliphatic carbocycles. The molecule has 1 heterocycles. The van der Waals surface area contributed by atoms with Crippen LogP contribution in [0.5, 0.6) is 0 Å². The molecule has 1 aromatic heterocycles. The highest BCUT2D eigenvalue weighted by Crippen LogP contribution is 2.16. The summed E-state index contributed by atoms with van der Waals surface area (Å²) in [4.78, 5) is 8.23. The lowest BCUT2D eigenvalue weighted by molar-refractivity contribution is 0.302. The molecule has 4 heteroatoms. The fraction of sp³-hybridized carbons (Fsp3) is 0.750. The highest BCUT2D eigenvalue weighted by Gasteiger charge is 2.04. The van der Waals surface area contributed by atoms with Crippen LogP contribution in [0, 0.1) is 13.8 Å². The number of hydrogen-bond donors (Lipinski definition) is 1. The lowest BCUT2D eigenvalue weighted by Gasteiger charge is -2.17. The molecule has 0 aliphatic rings. The van der Waals surface area contributed by atoms with Crippen molar-refractivity contribution >= 4 is 11.3 Å². The lowest BCUT2D eigenvalue weighted by Crippen LogP contribution is -2.31. The molecule has 92 valence electrons. The number of nitrogens with zero attached hydrogens (tertiary/aromatic N) is 2. The van der Waals surface area contributed by atoms with Gasteiger partial charge in [-0.05, 0) is 26.9 Å². The molecule has 1 aromatic rings. The summed E-state index contributed by atoms with van der Waals surface area (Å²) in [6, 6.07) is 0. The number of thiazole rings is 1. The topological polar surface area (TPSA) is 28.2 Å². The molecule has 0 saturated heterocycles. The van der Waals surface area contributed by atoms with E-state index in [1.807, 2.05) is 0 Å². The standard InChI is InChI=1S/C12H23N3S/c1-5-15(6-2)8-7-13-9-12-10(3)14-11(4)16-12/h13H,5-9H2,1-4H3. The zero-order valence-corrected chi connectivity index (χ0v) is 11.7. The van der Waals surface area contributed by atoms with Crippen molar-refractivity contribution in [3.05, 3.63) is 15.6 Å². The normalized spacial score (nSPS) is 11.3. The van der Waals surface area contributed by atoms with Gasteiger partial charge in [0.25, 0.3) is 0 Å². The van der Waals surface area contributed by atoms with Crippen LogP contribution in [-0.4, -0.2) is 36.1 Å². The van der Waals surface area contributed by atoms with E-state index in [2.05, 4.69) is 42.9 Å². The van der Waals surface area contributed by atoms with Gasteiger partial charge in [0.1, 0.15) is 0 Å². The van der Waals surface area contributed by atoms with E-state index in [4.69, 9.17) is 0 Å². The predicted molar refractivity (Wildman–Crippen MR) is 71.1 cm³/mol. The summed E-state index contributed by atoms with van der Waals surface area (Å²) >= 11 is 1.80. The first-order valence-electron chi connectivity index (χ1n) is 6.03. The van der Waals surface area contributed by atoms with Crippen molar-refractivity contribution in [2.75, 3.05) is 26.2 Å². The highest BCUT2D eigenvalue weighted by molar-refractivity contribution is 7.11. The number of hydrogen-bond acceptors (Lipinski definition) is 4. The van der Waals surface area contributed by atoms with Gasteiger partial charge in [-0.1, -0.05) is 13.8 Å². The first-order chi connectivity index (χ1) is 7.67. The average Bonchev–Trinajstić information content (AvgIpc) is 2.58. The SMILES string of the molecule is CCN(CC)CCNCc1sc(C)nc1C. The van der Waals surface area contributed by atoms with E-state index in [1.54, 1.807) is 11.3 Å². The van der Waals surface area contributed by atoms with Crippen LogP contribution in [0.3, 0.4) is 0 Å². The Bertz CT molecular complexity index is 305. The third-order valence-corrected chi connectivity index (χ3v) is 3.86. The second kappa shape index (κ2) is 6.99. The van der Waals surface area contributed by atoms with Crippen LogP contribution in [0.25, 0.3) is 0 Å². The molecule has 0 atom stereocenters. The second-order valence-electron chi connectivity index (χ2n) is 3.95. The summed E-state index contributed by atoms with van der Waals surface area (Å²) in [5, 5.41) is 4.65. The minimum atomic E-state index is 0.957. The molecule has 1 rings (SSSR count). The summed E-state index contributed by atoms with van der Waals surface area (Å²) in [5.41, 5.74) is 1.18. The van der Waals surface area contributed by atoms with Crippen molar-refractivity contribution in [3.63, 3.8) is 0 Å². The second-order valence-corrected chi connectivity index (χ2v) is 5.23. The third-order valence-electron chi connectivity index (χ3n) is 2.78. The van der Waals surface area contributed by atoms with Gasteiger partial charge in [-0.2, -0.15) is 0 Å². The molecule has 0 amide bonds. The fourth-order valence-electron chi connectivity index (χ4n) is 1.72. The predicted octanol–water partition coefficient (Wildman–Crippen LogP) is 2.19. The smallest absolute Gasteiger partial charge is 0.0900 e. The number of aromatic nitrogens is 1. The first kappa shape index (κ1) is 13.6. The summed E-state index contributed by atoms with van der Waals surface area (Å²) in [7, 11) is 0. The quantitative estimate of drug-likeness (QED) is 0.742. The Morgan fingerprint density at radius 1 is 1.25 bits per heavy atom. The molecule has 0 radical (unpaired) electrons. The van der Waals surface area contributed by atoms with Gasteiger partial charge in [0.2, 0.25) is 0 Å². The van der Waals surface area contributed by atoms with Crippen LogP contribution < -0.4 is 5.32 Å². The molecular formula is C12H23N3S. The van der Waals surface area contributed by atoms with Crippen LogP contribution in [0.15, 0.2) is 0 Å². The van der Waals surface area contributed by atoms with E-state index in [9.17, 15) is 0 Å². The molecule has 0 saturated carbocycles. The molecule has 0 unspecified atom stereocenters. The van der Waals surface area contributed by atoms with Crippen LogP contribution >= 0.6 is 11.3 Å². The summed E-state index contributed by atoms with van der Waals surface area (Å²) in [5.74, 6) is 0. The maximum absolute atomic E-state index is 4.43. The Morgan fingerprint density at radius 2 is 1.94 bits per heavy atom. The molecule has 1 N–H and O–H groups in total. The molecule has 0 aromatic carbocycles. The van der Waals surface area contributed by atoms with E-state index in [0.717, 1.165) is 37.7 Å². The molecular weight excluding hydrogens is 218 g/mol. The van der Waals surface area contributed by atoms with Crippen molar-refractivity contribution in [3.8, 4) is 0 Å². The highest BCUT2D eigenvalue weighted by atomic mass is 32.1. The molecule has 3 nitrogen and oxygen atoms in total. The third kappa shape index (κ3) is 4.20. The van der Waals surface area contributed by atoms with Gasteiger partial charge in [-0.15, -0.1) is 11.3 Å². The van der Waals surface area contributed by atoms with Crippen molar-refractivity contribution in [1.29, 1.82) is 0 Å². The van der Waals surface area contributed by atoms with Gasteiger partial charge in [0.05, 0.1) is 10.7 Å². The molecule has 16 heavy (non-hydrogen) atoms. The maximum atomic E-state index is 4.43. The van der Waals surface area contributed by atoms with Gasteiger partial charge in [-0.25, -0.2) is 4.98 Å². The lowest BCUT2D eigenvalue weighted by atomic mass is 10.4.